The van der Waals surface area contributed by atoms with E-state index in [1.807, 2.05) is 58.0 Å². The lowest BCUT2D eigenvalue weighted by atomic mass is 9.95. The summed E-state index contributed by atoms with van der Waals surface area (Å²) in [5, 5.41) is 16.5. The van der Waals surface area contributed by atoms with E-state index in [4.69, 9.17) is 4.74 Å². The third-order valence-corrected chi connectivity index (χ3v) is 5.84. The van der Waals surface area contributed by atoms with Gasteiger partial charge in [-0.05, 0) is 41.5 Å². The smallest absolute Gasteiger partial charge is 0.408 e. The molecule has 0 aliphatic carbocycles. The molecule has 0 radical (unpaired) electrons. The molecule has 8 heteroatoms. The number of carbonyl (C=O) groups excluding carboxylic acids is 2. The number of alkyl carbamates (subject to hydrolysis) is 1. The minimum absolute atomic E-state index is 0.0518. The fraction of sp³-hybridized carbons (Fsp3) is 0.407. The van der Waals surface area contributed by atoms with Crippen LogP contribution >= 0.6 is 0 Å². The minimum Gasteiger partial charge on any atom is -0.445 e. The highest BCUT2D eigenvalue weighted by molar-refractivity contribution is 5.86. The van der Waals surface area contributed by atoms with Crippen LogP contribution in [0.15, 0.2) is 59.7 Å². The second kappa shape index (κ2) is 11.8. The normalized spacial score (nSPS) is 14.0. The van der Waals surface area contributed by atoms with Crippen molar-refractivity contribution in [2.75, 3.05) is 0 Å². The Kier molecular flexibility index (Phi) is 8.76. The fourth-order valence-corrected chi connectivity index (χ4v) is 3.93. The number of aromatic nitrogens is 1. The summed E-state index contributed by atoms with van der Waals surface area (Å²) in [4.78, 5) is 42.0. The van der Waals surface area contributed by atoms with Crippen molar-refractivity contribution in [2.45, 2.75) is 58.9 Å². The van der Waals surface area contributed by atoms with Crippen molar-refractivity contribution in [2.24, 2.45) is 11.8 Å². The third-order valence-electron chi connectivity index (χ3n) is 5.84. The largest absolute Gasteiger partial charge is 0.445 e. The SMILES string of the molecule is CC(C)C[C@H](NC(=O)OCc1ccncc1)C(=O)N[C@@H](C(C)C)[C@@H](O)c1c(-c2ccccc2)c1=O. The first kappa shape index (κ1) is 26.1. The van der Waals surface area contributed by atoms with E-state index < -0.39 is 30.2 Å². The van der Waals surface area contributed by atoms with Crippen LogP contribution in [0.1, 0.15) is 51.3 Å². The first-order valence-corrected chi connectivity index (χ1v) is 11.8. The number of nitrogens with zero attached hydrogens (tertiary/aromatic N) is 1. The number of benzene rings is 1. The van der Waals surface area contributed by atoms with Crippen molar-refractivity contribution in [3.8, 4) is 11.1 Å². The van der Waals surface area contributed by atoms with E-state index in [1.54, 1.807) is 24.5 Å². The molecule has 186 valence electrons. The third kappa shape index (κ3) is 6.99. The van der Waals surface area contributed by atoms with Crippen LogP contribution in [0.25, 0.3) is 11.1 Å². The van der Waals surface area contributed by atoms with Gasteiger partial charge in [-0.15, -0.1) is 0 Å². The van der Waals surface area contributed by atoms with E-state index in [-0.39, 0.29) is 23.9 Å². The number of pyridine rings is 1. The number of hydrogen-bond donors (Lipinski definition) is 3. The number of carbonyl (C=O) groups is 2. The van der Waals surface area contributed by atoms with E-state index in [1.165, 1.54) is 0 Å². The summed E-state index contributed by atoms with van der Waals surface area (Å²) < 4.78 is 5.26. The average Bonchev–Trinajstić information content (AvgIpc) is 3.51. The van der Waals surface area contributed by atoms with Crippen LogP contribution in [0.5, 0.6) is 0 Å². The molecule has 0 saturated heterocycles. The molecule has 2 amide bonds. The zero-order valence-corrected chi connectivity index (χ0v) is 20.5. The van der Waals surface area contributed by atoms with Gasteiger partial charge in [-0.1, -0.05) is 58.0 Å². The molecule has 1 heterocycles. The molecular formula is C27H33N3O5. The lowest BCUT2D eigenvalue weighted by molar-refractivity contribution is -0.125. The average molecular weight is 480 g/mol. The zero-order chi connectivity index (χ0) is 25.5. The summed E-state index contributed by atoms with van der Waals surface area (Å²) in [6.45, 7) is 7.66. The van der Waals surface area contributed by atoms with Gasteiger partial charge in [-0.2, -0.15) is 0 Å². The molecule has 3 atom stereocenters. The molecule has 1 aromatic heterocycles. The lowest BCUT2D eigenvalue weighted by Crippen LogP contribution is -2.52. The predicted molar refractivity (Wildman–Crippen MR) is 133 cm³/mol. The number of rotatable bonds is 11. The van der Waals surface area contributed by atoms with E-state index >= 15 is 0 Å². The van der Waals surface area contributed by atoms with Gasteiger partial charge in [0, 0.05) is 23.5 Å². The van der Waals surface area contributed by atoms with Crippen LogP contribution in [0, 0.1) is 11.8 Å². The maximum absolute atomic E-state index is 13.2. The summed E-state index contributed by atoms with van der Waals surface area (Å²) >= 11 is 0. The number of ether oxygens (including phenoxy) is 1. The molecule has 0 spiro atoms. The fourth-order valence-electron chi connectivity index (χ4n) is 3.93. The quantitative estimate of drug-likeness (QED) is 0.387. The van der Waals surface area contributed by atoms with E-state index in [0.717, 1.165) is 11.1 Å². The zero-order valence-electron chi connectivity index (χ0n) is 20.5. The Labute approximate surface area is 205 Å². The van der Waals surface area contributed by atoms with Gasteiger partial charge in [0.15, 0.2) is 5.43 Å². The monoisotopic (exact) mass is 479 g/mol. The molecule has 3 aromatic rings. The Hall–Kier alpha value is -3.52. The van der Waals surface area contributed by atoms with Gasteiger partial charge >= 0.3 is 6.09 Å². The number of hydrogen-bond acceptors (Lipinski definition) is 6. The van der Waals surface area contributed by atoms with Crippen molar-refractivity contribution in [1.29, 1.82) is 0 Å². The van der Waals surface area contributed by atoms with Gasteiger partial charge in [-0.3, -0.25) is 14.6 Å². The maximum atomic E-state index is 13.2. The molecule has 0 saturated carbocycles. The van der Waals surface area contributed by atoms with E-state index in [2.05, 4.69) is 15.6 Å². The van der Waals surface area contributed by atoms with Crippen LogP contribution in [-0.2, 0) is 16.1 Å². The molecule has 2 aromatic carbocycles. The predicted octanol–water partition coefficient (Wildman–Crippen LogP) is 3.50. The number of nitrogens with one attached hydrogen (secondary N) is 2. The summed E-state index contributed by atoms with van der Waals surface area (Å²) in [6, 6.07) is 11.1. The molecular weight excluding hydrogens is 446 g/mol. The Morgan fingerprint density at radius 1 is 1.00 bits per heavy atom. The first-order valence-electron chi connectivity index (χ1n) is 11.8. The second-order valence-corrected chi connectivity index (χ2v) is 9.47. The Morgan fingerprint density at radius 2 is 1.66 bits per heavy atom. The lowest BCUT2D eigenvalue weighted by Gasteiger charge is -2.29. The van der Waals surface area contributed by atoms with Gasteiger partial charge in [0.05, 0.1) is 6.04 Å². The van der Waals surface area contributed by atoms with Crippen LogP contribution in [0.4, 0.5) is 4.79 Å². The van der Waals surface area contributed by atoms with Gasteiger partial charge in [0.25, 0.3) is 0 Å². The summed E-state index contributed by atoms with van der Waals surface area (Å²) in [6.07, 6.45) is 1.72. The highest BCUT2D eigenvalue weighted by atomic mass is 16.5. The summed E-state index contributed by atoms with van der Waals surface area (Å²) in [5.41, 5.74) is 2.14. The molecule has 8 nitrogen and oxygen atoms in total. The van der Waals surface area contributed by atoms with Gasteiger partial charge in [0.2, 0.25) is 5.91 Å². The highest BCUT2D eigenvalue weighted by Crippen LogP contribution is 2.33. The number of amides is 2. The molecule has 3 N–H and O–H groups in total. The van der Waals surface area contributed by atoms with Gasteiger partial charge in [-0.25, -0.2) is 4.79 Å². The molecule has 0 aliphatic rings. The van der Waals surface area contributed by atoms with Crippen molar-refractivity contribution >= 4 is 12.0 Å². The van der Waals surface area contributed by atoms with Crippen LogP contribution in [0.2, 0.25) is 0 Å². The van der Waals surface area contributed by atoms with Crippen molar-refractivity contribution in [1.82, 2.24) is 15.6 Å². The minimum atomic E-state index is -1.15. The maximum Gasteiger partial charge on any atom is 0.408 e. The van der Waals surface area contributed by atoms with Crippen molar-refractivity contribution in [3.05, 3.63) is 76.2 Å². The van der Waals surface area contributed by atoms with Crippen molar-refractivity contribution < 1.29 is 19.4 Å². The Balaban J connectivity index is 1.67. The van der Waals surface area contributed by atoms with Crippen molar-refractivity contribution in [3.63, 3.8) is 0 Å². The Morgan fingerprint density at radius 3 is 2.26 bits per heavy atom. The van der Waals surface area contributed by atoms with Crippen LogP contribution in [-0.4, -0.2) is 34.2 Å². The Bertz CT molecular complexity index is 1120. The highest BCUT2D eigenvalue weighted by Gasteiger charge is 2.37. The topological polar surface area (TPSA) is 118 Å². The molecule has 0 aliphatic heterocycles. The summed E-state index contributed by atoms with van der Waals surface area (Å²) in [7, 11) is 0. The van der Waals surface area contributed by atoms with Gasteiger partial charge in [0.1, 0.15) is 18.8 Å². The first-order chi connectivity index (χ1) is 16.7. The molecule has 0 fully saturated rings. The van der Waals surface area contributed by atoms with Crippen LogP contribution in [0.3, 0.4) is 0 Å². The standard InChI is InChI=1S/C27H33N3O5/c1-16(2)14-20(29-27(34)35-15-18-10-12-28-13-11-18)26(33)30-23(17(3)4)25(32)22-21(24(22)31)19-8-6-5-7-9-19/h5-13,16-17,20,23,25,32H,14-15H2,1-4H3,(H,29,34)(H,30,33)/t20-,23-,25-/m0/s1. The number of aliphatic hydroxyl groups is 1. The van der Waals surface area contributed by atoms with Crippen LogP contribution < -0.4 is 16.1 Å². The molecule has 0 unspecified atom stereocenters. The summed E-state index contributed by atoms with van der Waals surface area (Å²) in [5.74, 6) is -0.483. The van der Waals surface area contributed by atoms with Gasteiger partial charge < -0.3 is 20.5 Å². The molecule has 0 bridgehead atoms. The molecule has 35 heavy (non-hydrogen) atoms. The number of aliphatic hydroxyl groups excluding tert-OH is 1. The second-order valence-electron chi connectivity index (χ2n) is 9.47. The van der Waals surface area contributed by atoms with E-state index in [9.17, 15) is 19.5 Å². The molecule has 3 rings (SSSR count). The van der Waals surface area contributed by atoms with E-state index in [0.29, 0.717) is 17.5 Å².